The third-order valence-corrected chi connectivity index (χ3v) is 1.68. The van der Waals surface area contributed by atoms with E-state index in [9.17, 15) is 0 Å². The molecule has 3 heteroatoms. The van der Waals surface area contributed by atoms with Gasteiger partial charge in [-0.25, -0.2) is 0 Å². The molecule has 0 spiro atoms. The second-order valence-electron chi connectivity index (χ2n) is 1.98. The largest absolute Gasteiger partial charge is 0.356 e. The average Bonchev–Trinajstić information content (AvgIpc) is 2.36. The lowest BCUT2D eigenvalue weighted by atomic mass is 10.3. The predicted molar refractivity (Wildman–Crippen MR) is 39.0 cm³/mol. The molecular weight excluding hydrogens is 150 g/mol. The van der Waals surface area contributed by atoms with Crippen LogP contribution in [0.15, 0.2) is 28.9 Å². The molecule has 0 aliphatic rings. The summed E-state index contributed by atoms with van der Waals surface area (Å²) in [6.45, 7) is 0. The van der Waals surface area contributed by atoms with E-state index in [-0.39, 0.29) is 0 Å². The van der Waals surface area contributed by atoms with Gasteiger partial charge in [0.1, 0.15) is 0 Å². The zero-order chi connectivity index (χ0) is 6.97. The molecule has 0 amide bonds. The molecule has 1 heterocycles. The van der Waals surface area contributed by atoms with Crippen LogP contribution in [0.1, 0.15) is 0 Å². The molecule has 2 aromatic rings. The van der Waals surface area contributed by atoms with Crippen LogP contribution in [-0.4, -0.2) is 5.16 Å². The topological polar surface area (TPSA) is 26.0 Å². The van der Waals surface area contributed by atoms with E-state index in [4.69, 9.17) is 16.1 Å². The van der Waals surface area contributed by atoms with Crippen LogP contribution in [0.3, 0.4) is 0 Å². The minimum absolute atomic E-state index is 0.679. The first-order valence-electron chi connectivity index (χ1n) is 2.87. The summed E-state index contributed by atoms with van der Waals surface area (Å²) in [7, 11) is 0. The number of aromatic nitrogens is 1. The molecule has 0 saturated heterocycles. The second-order valence-corrected chi connectivity index (χ2v) is 2.38. The molecule has 0 aliphatic carbocycles. The first kappa shape index (κ1) is 5.74. The summed E-state index contributed by atoms with van der Waals surface area (Å²) in [5, 5.41) is 5.15. The Morgan fingerprint density at radius 1 is 1.40 bits per heavy atom. The van der Waals surface area contributed by atoms with Gasteiger partial charge in [-0.3, -0.25) is 0 Å². The third-order valence-electron chi connectivity index (χ3n) is 1.35. The average molecular weight is 154 g/mol. The highest BCUT2D eigenvalue weighted by Gasteiger charge is 1.99. The number of nitrogens with zero attached hydrogens (tertiary/aromatic N) is 1. The van der Waals surface area contributed by atoms with E-state index in [1.165, 1.54) is 0 Å². The Morgan fingerprint density at radius 3 is 3.10 bits per heavy atom. The molecule has 0 bridgehead atoms. The summed E-state index contributed by atoms with van der Waals surface area (Å²) in [6.07, 6.45) is 1.61. The first-order valence-corrected chi connectivity index (χ1v) is 3.24. The smallest absolute Gasteiger partial charge is 0.168 e. The van der Waals surface area contributed by atoms with Crippen LogP contribution in [-0.2, 0) is 0 Å². The van der Waals surface area contributed by atoms with E-state index in [2.05, 4.69) is 5.16 Å². The van der Waals surface area contributed by atoms with Gasteiger partial charge in [0.15, 0.2) is 5.58 Å². The van der Waals surface area contributed by atoms with Crippen molar-refractivity contribution >= 4 is 22.6 Å². The van der Waals surface area contributed by atoms with E-state index in [1.807, 2.05) is 12.1 Å². The lowest BCUT2D eigenvalue weighted by molar-refractivity contribution is 0.456. The van der Waals surface area contributed by atoms with E-state index in [0.29, 0.717) is 5.02 Å². The Bertz CT molecular complexity index is 355. The quantitative estimate of drug-likeness (QED) is 0.581. The van der Waals surface area contributed by atoms with Crippen molar-refractivity contribution in [3.63, 3.8) is 0 Å². The Morgan fingerprint density at radius 2 is 2.30 bits per heavy atom. The number of fused-ring (bicyclic) bond motifs is 1. The van der Waals surface area contributed by atoms with Gasteiger partial charge >= 0.3 is 0 Å². The molecular formula is C7H4ClNO. The van der Waals surface area contributed by atoms with Crippen molar-refractivity contribution in [2.45, 2.75) is 0 Å². The van der Waals surface area contributed by atoms with Gasteiger partial charge in [0.05, 0.1) is 16.6 Å². The van der Waals surface area contributed by atoms with Crippen molar-refractivity contribution in [2.75, 3.05) is 0 Å². The molecule has 0 aliphatic heterocycles. The summed E-state index contributed by atoms with van der Waals surface area (Å²) >= 11 is 5.80. The van der Waals surface area contributed by atoms with Crippen LogP contribution >= 0.6 is 11.6 Å². The van der Waals surface area contributed by atoms with Crippen LogP contribution in [0.25, 0.3) is 11.0 Å². The van der Waals surface area contributed by atoms with Gasteiger partial charge in [0, 0.05) is 0 Å². The molecule has 1 aromatic carbocycles. The lowest BCUT2D eigenvalue weighted by Crippen LogP contribution is -1.63. The monoisotopic (exact) mass is 153 g/mol. The highest BCUT2D eigenvalue weighted by atomic mass is 35.5. The van der Waals surface area contributed by atoms with Gasteiger partial charge in [-0.2, -0.15) is 0 Å². The van der Waals surface area contributed by atoms with Crippen LogP contribution in [0, 0.1) is 0 Å². The molecule has 0 radical (unpaired) electrons. The van der Waals surface area contributed by atoms with Crippen LogP contribution in [0.4, 0.5) is 0 Å². The molecule has 0 fully saturated rings. The maximum atomic E-state index is 5.80. The van der Waals surface area contributed by atoms with Crippen molar-refractivity contribution < 1.29 is 4.52 Å². The van der Waals surface area contributed by atoms with Crippen molar-refractivity contribution in [1.82, 2.24) is 5.16 Å². The molecule has 1 aromatic heterocycles. The van der Waals surface area contributed by atoms with Crippen molar-refractivity contribution in [2.24, 2.45) is 0 Å². The highest BCUT2D eigenvalue weighted by molar-refractivity contribution is 6.35. The maximum Gasteiger partial charge on any atom is 0.168 e. The zero-order valence-corrected chi connectivity index (χ0v) is 5.80. The molecule has 2 nitrogen and oxygen atoms in total. The number of halogens is 1. The van der Waals surface area contributed by atoms with Gasteiger partial charge in [-0.05, 0) is 12.1 Å². The number of hydrogen-bond acceptors (Lipinski definition) is 2. The number of benzene rings is 1. The third kappa shape index (κ3) is 0.693. The summed E-state index contributed by atoms with van der Waals surface area (Å²) in [6, 6.07) is 5.46. The first-order chi connectivity index (χ1) is 4.88. The highest BCUT2D eigenvalue weighted by Crippen LogP contribution is 2.21. The van der Waals surface area contributed by atoms with Gasteiger partial charge in [-0.1, -0.05) is 22.8 Å². The Hall–Kier alpha value is -1.02. The predicted octanol–water partition coefficient (Wildman–Crippen LogP) is 2.48. The molecule has 0 atom stereocenters. The van der Waals surface area contributed by atoms with Gasteiger partial charge in [0.2, 0.25) is 0 Å². The normalized spacial score (nSPS) is 10.5. The molecule has 0 N–H and O–H groups in total. The molecule has 0 saturated carbocycles. The van der Waals surface area contributed by atoms with E-state index in [1.54, 1.807) is 12.3 Å². The van der Waals surface area contributed by atoms with Crippen LogP contribution in [0.5, 0.6) is 0 Å². The van der Waals surface area contributed by atoms with E-state index >= 15 is 0 Å². The fourth-order valence-corrected chi connectivity index (χ4v) is 1.07. The Balaban J connectivity index is 2.95. The van der Waals surface area contributed by atoms with Crippen molar-refractivity contribution in [1.29, 1.82) is 0 Å². The minimum atomic E-state index is 0.679. The second kappa shape index (κ2) is 1.99. The Labute approximate surface area is 62.4 Å². The summed E-state index contributed by atoms with van der Waals surface area (Å²) in [5.74, 6) is 0. The summed E-state index contributed by atoms with van der Waals surface area (Å²) in [5.41, 5.74) is 0.729. The lowest BCUT2D eigenvalue weighted by Gasteiger charge is -1.86. The van der Waals surface area contributed by atoms with Crippen LogP contribution < -0.4 is 0 Å². The SMILES string of the molecule is Clc1cccc2oncc12. The fraction of sp³-hybridized carbons (Fsp3) is 0. The standard InChI is InChI=1S/C7H4ClNO/c8-6-2-1-3-7-5(6)4-9-10-7/h1-4H. The van der Waals surface area contributed by atoms with Crippen molar-refractivity contribution in [3.8, 4) is 0 Å². The van der Waals surface area contributed by atoms with Gasteiger partial charge < -0.3 is 4.52 Å². The number of hydrogen-bond donors (Lipinski definition) is 0. The van der Waals surface area contributed by atoms with E-state index in [0.717, 1.165) is 11.0 Å². The molecule has 0 unspecified atom stereocenters. The molecule has 10 heavy (non-hydrogen) atoms. The minimum Gasteiger partial charge on any atom is -0.356 e. The fourth-order valence-electron chi connectivity index (χ4n) is 0.858. The molecule has 2 rings (SSSR count). The van der Waals surface area contributed by atoms with Gasteiger partial charge in [0.25, 0.3) is 0 Å². The Kier molecular flexibility index (Phi) is 1.14. The maximum absolute atomic E-state index is 5.80. The van der Waals surface area contributed by atoms with Gasteiger partial charge in [-0.15, -0.1) is 0 Å². The molecule has 50 valence electrons. The van der Waals surface area contributed by atoms with E-state index < -0.39 is 0 Å². The zero-order valence-electron chi connectivity index (χ0n) is 5.04. The van der Waals surface area contributed by atoms with Crippen LogP contribution in [0.2, 0.25) is 5.02 Å². The van der Waals surface area contributed by atoms with Crippen molar-refractivity contribution in [3.05, 3.63) is 29.4 Å². The summed E-state index contributed by atoms with van der Waals surface area (Å²) in [4.78, 5) is 0. The number of rotatable bonds is 0. The summed E-state index contributed by atoms with van der Waals surface area (Å²) < 4.78 is 4.86.